The van der Waals surface area contributed by atoms with E-state index in [1.165, 1.54) is 0 Å². The van der Waals surface area contributed by atoms with Crippen molar-refractivity contribution in [3.63, 3.8) is 0 Å². The van der Waals surface area contributed by atoms with Crippen LogP contribution >= 0.6 is 15.9 Å². The second kappa shape index (κ2) is 3.92. The topological polar surface area (TPSA) is 30.2 Å². The Hall–Kier alpha value is -1.68. The zero-order valence-corrected chi connectivity index (χ0v) is 11.0. The van der Waals surface area contributed by atoms with Crippen LogP contribution in [-0.2, 0) is 0 Å². The van der Waals surface area contributed by atoms with Crippen LogP contribution in [0.3, 0.4) is 0 Å². The van der Waals surface area contributed by atoms with Gasteiger partial charge in [-0.2, -0.15) is 0 Å². The zero-order valence-electron chi connectivity index (χ0n) is 9.46. The van der Waals surface area contributed by atoms with E-state index in [4.69, 9.17) is 4.42 Å². The summed E-state index contributed by atoms with van der Waals surface area (Å²) in [4.78, 5) is 11.9. The second-order valence-electron chi connectivity index (χ2n) is 4.15. The number of hydrogen-bond donors (Lipinski definition) is 0. The molecular weight excluding hydrogens is 299 g/mol. The van der Waals surface area contributed by atoms with E-state index in [0.29, 0.717) is 21.7 Å². The molecule has 0 fully saturated rings. The highest BCUT2D eigenvalue weighted by Crippen LogP contribution is 2.27. The van der Waals surface area contributed by atoms with Crippen molar-refractivity contribution in [2.45, 2.75) is 6.92 Å². The molecule has 1 heterocycles. The summed E-state index contributed by atoms with van der Waals surface area (Å²) in [5.74, 6) is -0.477. The van der Waals surface area contributed by atoms with Crippen LogP contribution in [0.1, 0.15) is 5.56 Å². The molecule has 0 bridgehead atoms. The predicted octanol–water partition coefficient (Wildman–Crippen LogP) is 4.16. The molecule has 0 amide bonds. The van der Waals surface area contributed by atoms with Gasteiger partial charge in [-0.1, -0.05) is 34.1 Å². The smallest absolute Gasteiger partial charge is 0.344 e. The van der Waals surface area contributed by atoms with Crippen molar-refractivity contribution in [2.75, 3.05) is 0 Å². The number of hydrogen-bond acceptors (Lipinski definition) is 2. The van der Waals surface area contributed by atoms with Crippen LogP contribution in [0.25, 0.3) is 21.7 Å². The second-order valence-corrected chi connectivity index (χ2v) is 5.07. The van der Waals surface area contributed by atoms with Gasteiger partial charge in [-0.3, -0.25) is 0 Å². The van der Waals surface area contributed by atoms with Gasteiger partial charge in [0.15, 0.2) is 11.4 Å². The molecule has 4 heteroatoms. The minimum atomic E-state index is -0.525. The Balaban J connectivity index is 2.63. The van der Waals surface area contributed by atoms with E-state index >= 15 is 0 Å². The van der Waals surface area contributed by atoms with Gasteiger partial charge in [0.25, 0.3) is 0 Å². The van der Waals surface area contributed by atoms with Crippen molar-refractivity contribution in [3.8, 4) is 0 Å². The molecule has 2 nitrogen and oxygen atoms in total. The Morgan fingerprint density at radius 2 is 1.83 bits per heavy atom. The fourth-order valence-corrected chi connectivity index (χ4v) is 2.40. The van der Waals surface area contributed by atoms with Gasteiger partial charge in [0.1, 0.15) is 0 Å². The summed E-state index contributed by atoms with van der Waals surface area (Å²) in [6, 6.07) is 8.73. The van der Waals surface area contributed by atoms with E-state index < -0.39 is 11.4 Å². The van der Waals surface area contributed by atoms with Crippen molar-refractivity contribution < 1.29 is 8.81 Å². The van der Waals surface area contributed by atoms with E-state index in [9.17, 15) is 9.18 Å². The highest BCUT2D eigenvalue weighted by Gasteiger charge is 2.12. The highest BCUT2D eigenvalue weighted by atomic mass is 79.9. The van der Waals surface area contributed by atoms with Crippen molar-refractivity contribution in [3.05, 3.63) is 56.6 Å². The Labute approximate surface area is 110 Å². The lowest BCUT2D eigenvalue weighted by Gasteiger charge is -2.05. The first kappa shape index (κ1) is 11.4. The summed E-state index contributed by atoms with van der Waals surface area (Å²) < 4.78 is 19.8. The Morgan fingerprint density at radius 1 is 1.11 bits per heavy atom. The first-order valence-electron chi connectivity index (χ1n) is 5.39. The summed E-state index contributed by atoms with van der Waals surface area (Å²) in [5.41, 5.74) is -0.0414. The van der Waals surface area contributed by atoms with Crippen LogP contribution in [0.15, 0.2) is 44.0 Å². The van der Waals surface area contributed by atoms with Gasteiger partial charge < -0.3 is 4.42 Å². The SMILES string of the molecule is Cc1ccc2c(oc(=O)c3cc(Br)ccc32)c1F. The summed E-state index contributed by atoms with van der Waals surface area (Å²) in [7, 11) is 0. The quantitative estimate of drug-likeness (QED) is 0.461. The van der Waals surface area contributed by atoms with E-state index in [1.54, 1.807) is 31.2 Å². The molecule has 1 aromatic heterocycles. The Kier molecular flexibility index (Phi) is 2.48. The van der Waals surface area contributed by atoms with Gasteiger partial charge in [-0.05, 0) is 24.6 Å². The predicted molar refractivity (Wildman–Crippen MR) is 72.4 cm³/mol. The third kappa shape index (κ3) is 1.56. The lowest BCUT2D eigenvalue weighted by molar-refractivity contribution is 0.527. The number of benzene rings is 2. The average molecular weight is 307 g/mol. The van der Waals surface area contributed by atoms with Crippen LogP contribution in [0.2, 0.25) is 0 Å². The van der Waals surface area contributed by atoms with Crippen LogP contribution in [0.5, 0.6) is 0 Å². The van der Waals surface area contributed by atoms with Gasteiger partial charge in [-0.15, -0.1) is 0 Å². The van der Waals surface area contributed by atoms with Gasteiger partial charge in [0.05, 0.1) is 5.39 Å². The standard InChI is InChI=1S/C14H8BrFO2/c1-7-2-4-10-9-5-3-8(15)6-11(9)14(17)18-13(10)12(7)16/h2-6H,1H3. The van der Waals surface area contributed by atoms with Gasteiger partial charge >= 0.3 is 5.63 Å². The van der Waals surface area contributed by atoms with Crippen molar-refractivity contribution in [2.24, 2.45) is 0 Å². The largest absolute Gasteiger partial charge is 0.419 e. The number of halogens is 2. The maximum absolute atomic E-state index is 13.9. The molecule has 0 spiro atoms. The molecule has 0 unspecified atom stereocenters. The molecule has 0 saturated heterocycles. The van der Waals surface area contributed by atoms with Crippen molar-refractivity contribution in [1.29, 1.82) is 0 Å². The molecule has 2 aromatic carbocycles. The lowest BCUT2D eigenvalue weighted by Crippen LogP contribution is -2.01. The molecule has 18 heavy (non-hydrogen) atoms. The maximum Gasteiger partial charge on any atom is 0.344 e. The molecule has 3 aromatic rings. The molecule has 0 aliphatic carbocycles. The first-order chi connectivity index (χ1) is 8.58. The fourth-order valence-electron chi connectivity index (χ4n) is 2.03. The average Bonchev–Trinajstić information content (AvgIpc) is 2.35. The maximum atomic E-state index is 13.9. The molecule has 0 N–H and O–H groups in total. The monoisotopic (exact) mass is 306 g/mol. The van der Waals surface area contributed by atoms with Crippen LogP contribution in [0.4, 0.5) is 4.39 Å². The van der Waals surface area contributed by atoms with E-state index in [0.717, 1.165) is 4.47 Å². The molecule has 0 saturated carbocycles. The number of rotatable bonds is 0. The molecule has 3 rings (SSSR count). The Bertz CT molecular complexity index is 836. The molecule has 0 aliphatic heterocycles. The van der Waals surface area contributed by atoms with Gasteiger partial charge in [0.2, 0.25) is 0 Å². The molecule has 0 radical (unpaired) electrons. The molecular formula is C14H8BrFO2. The van der Waals surface area contributed by atoms with Crippen LogP contribution in [0, 0.1) is 12.7 Å². The highest BCUT2D eigenvalue weighted by molar-refractivity contribution is 9.10. The minimum absolute atomic E-state index is 0.0230. The third-order valence-electron chi connectivity index (χ3n) is 2.98. The van der Waals surface area contributed by atoms with Crippen LogP contribution in [-0.4, -0.2) is 0 Å². The fraction of sp³-hybridized carbons (Fsp3) is 0.0714. The molecule has 90 valence electrons. The zero-order chi connectivity index (χ0) is 12.9. The first-order valence-corrected chi connectivity index (χ1v) is 6.18. The third-order valence-corrected chi connectivity index (χ3v) is 3.47. The summed E-state index contributed by atoms with van der Waals surface area (Å²) >= 11 is 3.30. The summed E-state index contributed by atoms with van der Waals surface area (Å²) in [6.45, 7) is 1.64. The van der Waals surface area contributed by atoms with E-state index in [-0.39, 0.29) is 5.58 Å². The number of fused-ring (bicyclic) bond motifs is 3. The van der Waals surface area contributed by atoms with Gasteiger partial charge in [-0.25, -0.2) is 9.18 Å². The lowest BCUT2D eigenvalue weighted by atomic mass is 10.1. The van der Waals surface area contributed by atoms with Gasteiger partial charge in [0, 0.05) is 15.2 Å². The summed E-state index contributed by atoms with van der Waals surface area (Å²) in [5, 5.41) is 1.75. The van der Waals surface area contributed by atoms with Crippen molar-refractivity contribution in [1.82, 2.24) is 0 Å². The van der Waals surface area contributed by atoms with E-state index in [1.807, 2.05) is 6.07 Å². The molecule has 0 atom stereocenters. The minimum Gasteiger partial charge on any atom is -0.419 e. The van der Waals surface area contributed by atoms with Crippen LogP contribution < -0.4 is 5.63 Å². The number of aryl methyl sites for hydroxylation is 1. The normalized spacial score (nSPS) is 11.3. The van der Waals surface area contributed by atoms with Crippen molar-refractivity contribution >= 4 is 37.7 Å². The summed E-state index contributed by atoms with van der Waals surface area (Å²) in [6.07, 6.45) is 0. The molecule has 0 aliphatic rings. The Morgan fingerprint density at radius 3 is 2.61 bits per heavy atom. The van der Waals surface area contributed by atoms with E-state index in [2.05, 4.69) is 15.9 Å².